The van der Waals surface area contributed by atoms with Crippen molar-refractivity contribution in [2.45, 2.75) is 25.6 Å². The summed E-state index contributed by atoms with van der Waals surface area (Å²) >= 11 is 3.31. The quantitative estimate of drug-likeness (QED) is 0.911. The molecule has 1 aromatic rings. The SMILES string of the molecule is CC(N)c1ccc(Br)cc1N(C)CCC(F)(F)F. The van der Waals surface area contributed by atoms with Crippen molar-refractivity contribution in [3.8, 4) is 0 Å². The predicted molar refractivity (Wildman–Crippen MR) is 70.7 cm³/mol. The van der Waals surface area contributed by atoms with E-state index >= 15 is 0 Å². The van der Waals surface area contributed by atoms with E-state index in [-0.39, 0.29) is 12.6 Å². The molecule has 0 fully saturated rings. The van der Waals surface area contributed by atoms with Crippen LogP contribution in [0.2, 0.25) is 0 Å². The molecule has 0 amide bonds. The molecule has 0 aliphatic rings. The van der Waals surface area contributed by atoms with Gasteiger partial charge in [-0.3, -0.25) is 0 Å². The fourth-order valence-electron chi connectivity index (χ4n) is 1.65. The summed E-state index contributed by atoms with van der Waals surface area (Å²) in [5.41, 5.74) is 7.38. The molecule has 0 saturated heterocycles. The standard InChI is InChI=1S/C12H16BrF3N2/c1-8(17)10-4-3-9(13)7-11(10)18(2)6-5-12(14,15)16/h3-4,7-8H,5-6,17H2,1-2H3. The predicted octanol–water partition coefficient (Wildman–Crippen LogP) is 3.86. The zero-order valence-electron chi connectivity index (χ0n) is 10.3. The molecule has 0 aliphatic carbocycles. The van der Waals surface area contributed by atoms with Gasteiger partial charge in [-0.1, -0.05) is 22.0 Å². The van der Waals surface area contributed by atoms with Gasteiger partial charge in [0.2, 0.25) is 0 Å². The van der Waals surface area contributed by atoms with Gasteiger partial charge in [-0.15, -0.1) is 0 Å². The van der Waals surface area contributed by atoms with Crippen molar-refractivity contribution < 1.29 is 13.2 Å². The second-order valence-corrected chi connectivity index (χ2v) is 5.19. The van der Waals surface area contributed by atoms with Crippen LogP contribution >= 0.6 is 15.9 Å². The molecule has 1 atom stereocenters. The number of anilines is 1. The maximum Gasteiger partial charge on any atom is 0.390 e. The fraction of sp³-hybridized carbons (Fsp3) is 0.500. The molecule has 0 heterocycles. The first-order chi connectivity index (χ1) is 8.20. The average molecular weight is 325 g/mol. The summed E-state index contributed by atoms with van der Waals surface area (Å²) in [6.45, 7) is 1.73. The smallest absolute Gasteiger partial charge is 0.374 e. The first kappa shape index (κ1) is 15.3. The number of nitrogens with zero attached hydrogens (tertiary/aromatic N) is 1. The minimum atomic E-state index is -4.14. The zero-order valence-corrected chi connectivity index (χ0v) is 11.8. The summed E-state index contributed by atoms with van der Waals surface area (Å²) in [5, 5.41) is 0. The molecule has 1 unspecified atom stereocenters. The molecule has 1 rings (SSSR count). The highest BCUT2D eigenvalue weighted by Crippen LogP contribution is 2.29. The van der Waals surface area contributed by atoms with Crippen molar-refractivity contribution in [1.82, 2.24) is 0 Å². The Bertz CT molecular complexity index is 405. The summed E-state index contributed by atoms with van der Waals surface area (Å²) in [5.74, 6) is 0. The number of hydrogen-bond acceptors (Lipinski definition) is 2. The molecule has 2 nitrogen and oxygen atoms in total. The number of alkyl halides is 3. The minimum absolute atomic E-state index is 0.0837. The number of rotatable bonds is 4. The topological polar surface area (TPSA) is 29.3 Å². The summed E-state index contributed by atoms with van der Waals surface area (Å²) in [6.07, 6.45) is -4.98. The van der Waals surface area contributed by atoms with Gasteiger partial charge in [0.15, 0.2) is 0 Å². The maximum atomic E-state index is 12.2. The van der Waals surface area contributed by atoms with Crippen LogP contribution in [0.4, 0.5) is 18.9 Å². The Morgan fingerprint density at radius 3 is 2.50 bits per heavy atom. The van der Waals surface area contributed by atoms with E-state index in [1.54, 1.807) is 18.0 Å². The van der Waals surface area contributed by atoms with E-state index in [4.69, 9.17) is 5.73 Å². The monoisotopic (exact) mass is 324 g/mol. The first-order valence-corrected chi connectivity index (χ1v) is 6.33. The van der Waals surface area contributed by atoms with Crippen molar-refractivity contribution >= 4 is 21.6 Å². The molecule has 18 heavy (non-hydrogen) atoms. The Kier molecular flexibility index (Phi) is 5.04. The van der Waals surface area contributed by atoms with Crippen molar-refractivity contribution in [3.63, 3.8) is 0 Å². The highest BCUT2D eigenvalue weighted by molar-refractivity contribution is 9.10. The lowest BCUT2D eigenvalue weighted by atomic mass is 10.1. The van der Waals surface area contributed by atoms with E-state index in [0.717, 1.165) is 15.7 Å². The molecular weight excluding hydrogens is 309 g/mol. The summed E-state index contributed by atoms with van der Waals surface area (Å²) in [6, 6.07) is 5.23. The maximum absolute atomic E-state index is 12.2. The molecule has 102 valence electrons. The van der Waals surface area contributed by atoms with E-state index in [0.29, 0.717) is 0 Å². The van der Waals surface area contributed by atoms with Gasteiger partial charge in [0.05, 0.1) is 6.42 Å². The van der Waals surface area contributed by atoms with Crippen LogP contribution in [0, 0.1) is 0 Å². The minimum Gasteiger partial charge on any atom is -0.374 e. The molecule has 2 N–H and O–H groups in total. The van der Waals surface area contributed by atoms with E-state index in [9.17, 15) is 13.2 Å². The summed E-state index contributed by atoms with van der Waals surface area (Å²) in [4.78, 5) is 1.58. The lowest BCUT2D eigenvalue weighted by Gasteiger charge is -2.24. The van der Waals surface area contributed by atoms with Gasteiger partial charge in [0.1, 0.15) is 0 Å². The second kappa shape index (κ2) is 5.93. The van der Waals surface area contributed by atoms with E-state index < -0.39 is 12.6 Å². The van der Waals surface area contributed by atoms with E-state index in [1.807, 2.05) is 19.1 Å². The van der Waals surface area contributed by atoms with Gasteiger partial charge in [0, 0.05) is 29.8 Å². The molecule has 0 bridgehead atoms. The molecular formula is C12H16BrF3N2. The molecule has 0 radical (unpaired) electrons. The molecule has 0 spiro atoms. The van der Waals surface area contributed by atoms with Crippen LogP contribution in [-0.4, -0.2) is 19.8 Å². The van der Waals surface area contributed by atoms with Gasteiger partial charge < -0.3 is 10.6 Å². The number of nitrogens with two attached hydrogens (primary N) is 1. The number of benzene rings is 1. The van der Waals surface area contributed by atoms with Gasteiger partial charge in [-0.25, -0.2) is 0 Å². The Morgan fingerprint density at radius 2 is 2.00 bits per heavy atom. The lowest BCUT2D eigenvalue weighted by Crippen LogP contribution is -2.25. The van der Waals surface area contributed by atoms with Gasteiger partial charge in [0.25, 0.3) is 0 Å². The molecule has 0 aromatic heterocycles. The Labute approximate surface area is 113 Å². The third-order valence-electron chi connectivity index (χ3n) is 2.62. The highest BCUT2D eigenvalue weighted by Gasteiger charge is 2.27. The number of halogens is 4. The zero-order chi connectivity index (χ0) is 13.9. The van der Waals surface area contributed by atoms with Crippen molar-refractivity contribution in [3.05, 3.63) is 28.2 Å². The summed E-state index contributed by atoms with van der Waals surface area (Å²) in [7, 11) is 1.64. The normalized spacial score (nSPS) is 13.5. The Balaban J connectivity index is 2.90. The van der Waals surface area contributed by atoms with Crippen LogP contribution in [-0.2, 0) is 0 Å². The van der Waals surface area contributed by atoms with E-state index in [1.165, 1.54) is 0 Å². The van der Waals surface area contributed by atoms with Crippen molar-refractivity contribution in [1.29, 1.82) is 0 Å². The van der Waals surface area contributed by atoms with Crippen LogP contribution < -0.4 is 10.6 Å². The highest BCUT2D eigenvalue weighted by atomic mass is 79.9. The molecule has 1 aromatic carbocycles. The van der Waals surface area contributed by atoms with Crippen LogP contribution in [0.1, 0.15) is 24.9 Å². The van der Waals surface area contributed by atoms with Gasteiger partial charge in [-0.2, -0.15) is 13.2 Å². The largest absolute Gasteiger partial charge is 0.390 e. The Morgan fingerprint density at radius 1 is 1.39 bits per heavy atom. The number of hydrogen-bond donors (Lipinski definition) is 1. The first-order valence-electron chi connectivity index (χ1n) is 5.53. The fourth-order valence-corrected chi connectivity index (χ4v) is 2.00. The Hall–Kier alpha value is -0.750. The molecule has 0 saturated carbocycles. The average Bonchev–Trinajstić information content (AvgIpc) is 2.24. The van der Waals surface area contributed by atoms with Crippen LogP contribution in [0.25, 0.3) is 0 Å². The molecule has 0 aliphatic heterocycles. The van der Waals surface area contributed by atoms with Crippen molar-refractivity contribution in [2.75, 3.05) is 18.5 Å². The van der Waals surface area contributed by atoms with Gasteiger partial charge >= 0.3 is 6.18 Å². The van der Waals surface area contributed by atoms with Crippen LogP contribution in [0.5, 0.6) is 0 Å². The summed E-state index contributed by atoms with van der Waals surface area (Å²) < 4.78 is 37.4. The molecule has 6 heteroatoms. The van der Waals surface area contributed by atoms with Crippen LogP contribution in [0.15, 0.2) is 22.7 Å². The van der Waals surface area contributed by atoms with Crippen molar-refractivity contribution in [2.24, 2.45) is 5.73 Å². The van der Waals surface area contributed by atoms with E-state index in [2.05, 4.69) is 15.9 Å². The third-order valence-corrected chi connectivity index (χ3v) is 3.12. The second-order valence-electron chi connectivity index (χ2n) is 4.28. The van der Waals surface area contributed by atoms with Gasteiger partial charge in [-0.05, 0) is 24.6 Å². The van der Waals surface area contributed by atoms with Crippen LogP contribution in [0.3, 0.4) is 0 Å². The third kappa shape index (κ3) is 4.49. The lowest BCUT2D eigenvalue weighted by molar-refractivity contribution is -0.132.